The van der Waals surface area contributed by atoms with Gasteiger partial charge in [-0.1, -0.05) is 15.9 Å². The van der Waals surface area contributed by atoms with Gasteiger partial charge in [0.15, 0.2) is 0 Å². The lowest BCUT2D eigenvalue weighted by Gasteiger charge is -2.15. The topological polar surface area (TPSA) is 50.4 Å². The van der Waals surface area contributed by atoms with E-state index in [1.807, 2.05) is 19.2 Å². The summed E-state index contributed by atoms with van der Waals surface area (Å²) in [6, 6.07) is 3.76. The fourth-order valence-electron chi connectivity index (χ4n) is 1.58. The Morgan fingerprint density at radius 1 is 1.47 bits per heavy atom. The van der Waals surface area contributed by atoms with E-state index >= 15 is 0 Å². The molecule has 1 rings (SSSR count). The average molecular weight is 301 g/mol. The van der Waals surface area contributed by atoms with Gasteiger partial charge in [0.05, 0.1) is 12.8 Å². The van der Waals surface area contributed by atoms with Gasteiger partial charge in [0.25, 0.3) is 0 Å². The van der Waals surface area contributed by atoms with Gasteiger partial charge in [0.2, 0.25) is 5.91 Å². The van der Waals surface area contributed by atoms with Crippen molar-refractivity contribution in [3.05, 3.63) is 22.2 Å². The van der Waals surface area contributed by atoms with Crippen molar-refractivity contribution < 1.29 is 9.53 Å². The Morgan fingerprint density at radius 2 is 2.18 bits per heavy atom. The molecule has 0 radical (unpaired) electrons. The minimum Gasteiger partial charge on any atom is -0.495 e. The average Bonchev–Trinajstić information content (AvgIpc) is 2.28. The van der Waals surface area contributed by atoms with Crippen LogP contribution in [0.4, 0.5) is 5.69 Å². The number of amides is 1. The number of methoxy groups -OCH3 is 1. The molecule has 0 saturated heterocycles. The van der Waals surface area contributed by atoms with Gasteiger partial charge >= 0.3 is 0 Å². The highest BCUT2D eigenvalue weighted by Crippen LogP contribution is 2.34. The third kappa shape index (κ3) is 3.71. The van der Waals surface area contributed by atoms with Crippen LogP contribution in [-0.2, 0) is 11.2 Å². The van der Waals surface area contributed by atoms with E-state index in [4.69, 9.17) is 4.74 Å². The molecular weight excluding hydrogens is 284 g/mol. The van der Waals surface area contributed by atoms with E-state index in [1.165, 1.54) is 6.92 Å². The molecule has 0 unspecified atom stereocenters. The number of anilines is 1. The molecule has 0 fully saturated rings. The van der Waals surface area contributed by atoms with Crippen molar-refractivity contribution in [2.24, 2.45) is 0 Å². The highest BCUT2D eigenvalue weighted by atomic mass is 79.9. The number of ether oxygens (including phenoxy) is 1. The number of carbonyl (C=O) groups is 1. The first kappa shape index (κ1) is 14.0. The zero-order valence-corrected chi connectivity index (χ0v) is 11.8. The third-order valence-electron chi connectivity index (χ3n) is 2.36. The van der Waals surface area contributed by atoms with Crippen molar-refractivity contribution in [2.45, 2.75) is 13.3 Å². The summed E-state index contributed by atoms with van der Waals surface area (Å²) >= 11 is 3.50. The van der Waals surface area contributed by atoms with Crippen LogP contribution in [0.25, 0.3) is 0 Å². The number of carbonyl (C=O) groups excluding carboxylic acids is 1. The molecule has 5 heteroatoms. The van der Waals surface area contributed by atoms with Gasteiger partial charge in [-0.15, -0.1) is 0 Å². The Kier molecular flexibility index (Phi) is 5.44. The third-order valence-corrected chi connectivity index (χ3v) is 3.11. The predicted octanol–water partition coefficient (Wildman–Crippen LogP) is 2.18. The number of rotatable bonds is 5. The maximum Gasteiger partial charge on any atom is 0.221 e. The van der Waals surface area contributed by atoms with Crippen LogP contribution in [0.3, 0.4) is 0 Å². The van der Waals surface area contributed by atoms with Crippen LogP contribution < -0.4 is 15.4 Å². The maximum absolute atomic E-state index is 11.2. The quantitative estimate of drug-likeness (QED) is 0.876. The van der Waals surface area contributed by atoms with Gasteiger partial charge in [-0.3, -0.25) is 4.79 Å². The van der Waals surface area contributed by atoms with Gasteiger partial charge in [0.1, 0.15) is 5.75 Å². The van der Waals surface area contributed by atoms with Gasteiger partial charge in [0, 0.05) is 11.4 Å². The monoisotopic (exact) mass is 300 g/mol. The molecule has 0 aliphatic rings. The number of hydrogen-bond acceptors (Lipinski definition) is 3. The highest BCUT2D eigenvalue weighted by Gasteiger charge is 2.13. The van der Waals surface area contributed by atoms with E-state index in [0.717, 1.165) is 28.7 Å². The summed E-state index contributed by atoms with van der Waals surface area (Å²) < 4.78 is 6.24. The second-order valence-corrected chi connectivity index (χ2v) is 4.49. The van der Waals surface area contributed by atoms with E-state index < -0.39 is 0 Å². The number of halogens is 1. The molecule has 0 aromatic heterocycles. The molecule has 17 heavy (non-hydrogen) atoms. The Labute approximate surface area is 110 Å². The number of nitrogens with one attached hydrogen (secondary N) is 2. The lowest BCUT2D eigenvalue weighted by Crippen LogP contribution is -2.15. The SMILES string of the molecule is CNCCc1c(Br)ccc(OC)c1NC(C)=O. The first-order valence-corrected chi connectivity index (χ1v) is 6.17. The Bertz CT molecular complexity index is 408. The number of benzene rings is 1. The molecule has 94 valence electrons. The highest BCUT2D eigenvalue weighted by molar-refractivity contribution is 9.10. The van der Waals surface area contributed by atoms with Gasteiger partial charge < -0.3 is 15.4 Å². The molecule has 1 aromatic carbocycles. The van der Waals surface area contributed by atoms with Crippen molar-refractivity contribution in [1.82, 2.24) is 5.32 Å². The van der Waals surface area contributed by atoms with Crippen molar-refractivity contribution in [2.75, 3.05) is 26.0 Å². The largest absolute Gasteiger partial charge is 0.495 e. The molecule has 0 saturated carbocycles. The predicted molar refractivity (Wildman–Crippen MR) is 72.6 cm³/mol. The zero-order valence-electron chi connectivity index (χ0n) is 10.3. The van der Waals surface area contributed by atoms with Crippen molar-refractivity contribution in [3.63, 3.8) is 0 Å². The van der Waals surface area contributed by atoms with Crippen LogP contribution in [-0.4, -0.2) is 26.6 Å². The van der Waals surface area contributed by atoms with Crippen LogP contribution in [0.2, 0.25) is 0 Å². The van der Waals surface area contributed by atoms with Crippen molar-refractivity contribution >= 4 is 27.5 Å². The summed E-state index contributed by atoms with van der Waals surface area (Å²) in [7, 11) is 3.49. The molecule has 0 spiro atoms. The fraction of sp³-hybridized carbons (Fsp3) is 0.417. The molecule has 0 bridgehead atoms. The Morgan fingerprint density at radius 3 is 2.71 bits per heavy atom. The lowest BCUT2D eigenvalue weighted by molar-refractivity contribution is -0.114. The van der Waals surface area contributed by atoms with E-state index in [2.05, 4.69) is 26.6 Å². The number of hydrogen-bond donors (Lipinski definition) is 2. The summed E-state index contributed by atoms with van der Waals surface area (Å²) in [5.41, 5.74) is 1.78. The first-order chi connectivity index (χ1) is 8.10. The van der Waals surface area contributed by atoms with E-state index in [-0.39, 0.29) is 5.91 Å². The smallest absolute Gasteiger partial charge is 0.221 e. The van der Waals surface area contributed by atoms with Crippen molar-refractivity contribution in [3.8, 4) is 5.75 Å². The summed E-state index contributed by atoms with van der Waals surface area (Å²) in [6.45, 7) is 2.32. The van der Waals surface area contributed by atoms with Crippen LogP contribution >= 0.6 is 15.9 Å². The van der Waals surface area contributed by atoms with Crippen LogP contribution in [0.5, 0.6) is 5.75 Å². The van der Waals surface area contributed by atoms with Gasteiger partial charge in [-0.05, 0) is 37.7 Å². The maximum atomic E-state index is 11.2. The first-order valence-electron chi connectivity index (χ1n) is 5.37. The van der Waals surface area contributed by atoms with E-state index in [1.54, 1.807) is 7.11 Å². The van der Waals surface area contributed by atoms with Crippen LogP contribution in [0.1, 0.15) is 12.5 Å². The molecule has 0 aliphatic carbocycles. The normalized spacial score (nSPS) is 10.1. The number of likely N-dealkylation sites (N-methyl/N-ethyl adjacent to an activating group) is 1. The molecule has 4 nitrogen and oxygen atoms in total. The molecule has 2 N–H and O–H groups in total. The Hall–Kier alpha value is -1.07. The summed E-state index contributed by atoms with van der Waals surface area (Å²) in [5, 5.41) is 5.91. The van der Waals surface area contributed by atoms with Gasteiger partial charge in [-0.25, -0.2) is 0 Å². The second-order valence-electron chi connectivity index (χ2n) is 3.64. The lowest BCUT2D eigenvalue weighted by atomic mass is 10.1. The second kappa shape index (κ2) is 6.61. The molecular formula is C12H17BrN2O2. The van der Waals surface area contributed by atoms with Crippen LogP contribution in [0, 0.1) is 0 Å². The summed E-state index contributed by atoms with van der Waals surface area (Å²) in [6.07, 6.45) is 0.809. The minimum absolute atomic E-state index is 0.105. The molecule has 0 aliphatic heterocycles. The molecule has 1 amide bonds. The van der Waals surface area contributed by atoms with E-state index in [9.17, 15) is 4.79 Å². The summed E-state index contributed by atoms with van der Waals surface area (Å²) in [4.78, 5) is 11.2. The van der Waals surface area contributed by atoms with Crippen molar-refractivity contribution in [1.29, 1.82) is 0 Å². The van der Waals surface area contributed by atoms with Gasteiger partial charge in [-0.2, -0.15) is 0 Å². The Balaban J connectivity index is 3.16. The molecule has 0 atom stereocenters. The minimum atomic E-state index is -0.105. The standard InChI is InChI=1S/C12H17BrN2O2/c1-8(16)15-12-9(6-7-14-2)10(13)4-5-11(12)17-3/h4-5,14H,6-7H2,1-3H3,(H,15,16). The summed E-state index contributed by atoms with van der Waals surface area (Å²) in [5.74, 6) is 0.571. The zero-order chi connectivity index (χ0) is 12.8. The molecule has 0 heterocycles. The fourth-order valence-corrected chi connectivity index (χ4v) is 2.11. The molecule has 1 aromatic rings. The van der Waals surface area contributed by atoms with Crippen LogP contribution in [0.15, 0.2) is 16.6 Å². The van der Waals surface area contributed by atoms with E-state index in [0.29, 0.717) is 5.75 Å².